The molecule has 8 aromatic carbocycles. The van der Waals surface area contributed by atoms with Gasteiger partial charge in [-0.15, -0.1) is 0 Å². The van der Waals surface area contributed by atoms with Gasteiger partial charge in [-0.05, 0) is 216 Å². The van der Waals surface area contributed by atoms with Crippen LogP contribution in [0.1, 0.15) is 158 Å². The Morgan fingerprint density at radius 1 is 0.353 bits per heavy atom. The third-order valence-electron chi connectivity index (χ3n) is 36.3. The fourth-order valence-corrected chi connectivity index (χ4v) is 29.6. The number of rotatable bonds is 31. The Labute approximate surface area is 872 Å². The molecule has 6 saturated carbocycles. The first kappa shape index (κ1) is 103. The minimum Gasteiger partial charge on any atom is -0.497 e. The van der Waals surface area contributed by atoms with Crippen LogP contribution in [0.4, 0.5) is 0 Å². The van der Waals surface area contributed by atoms with Crippen molar-refractivity contribution < 1.29 is 121 Å². The number of esters is 3. The number of aliphatic hydroxyl groups excluding tert-OH is 1. The van der Waals surface area contributed by atoms with E-state index in [0.29, 0.717) is 51.1 Å². The number of carbonyl (C=O) groups is 12. The summed E-state index contributed by atoms with van der Waals surface area (Å²) in [5.74, 6) is -11.0. The standard InChI is InChI=1S/C41H40O6.C31H26O4.2C21H24O6.C10H10O3.CH4/c1-4-36(43)38-37(26-21-22-40(38,2)23-26)39(44)47-25-29(42)24-46-31-19-15-28(16-20-31)41(27-13-17-30(45-3)18-14-27)34-11-7-5-9-32(34)33-10-6-8-12-35(33)41;1-3-7-29-27(5-1)28-6-2-4-8-30(28)31(29,21-9-13-23(14-10-21)32-17-25-19-34-25)22-11-15-24(16-12-22)33-18-26-20-35-26;2*1-20-5-4-11(9-20)15(18(24)25)16(20)13(23)7-12(22)14-10-3-6-21(2,8-10)17(14)19(26)27;1-10-3-2-5(4-10)6-7(10)9(12)13-8(6)11;/h5-22,26,29,37-38,42H,4,23-25H2,1-3H3;1-16,25-26H,17-20H2;2*3-6,10-11,14-17H,7-9H2,1-2H3,(H,24,25)(H,26,27);2-3,5-7H,4H2,1H3;1H4. The maximum atomic E-state index is 13.1. The monoisotopic (exact) mass is 2030 g/mol. The second kappa shape index (κ2) is 39.5. The van der Waals surface area contributed by atoms with Gasteiger partial charge in [0.1, 0.15) is 96.7 Å². The van der Waals surface area contributed by atoms with Crippen molar-refractivity contribution in [3.05, 3.63) is 312 Å². The van der Waals surface area contributed by atoms with Gasteiger partial charge in [0.15, 0.2) is 0 Å². The van der Waals surface area contributed by atoms with E-state index >= 15 is 0 Å². The smallest absolute Gasteiger partial charge is 0.318 e. The SMILES string of the molecule is C.CC12C=CC(C1)C(C(=O)CC(=O)C1C(C(=O)O)C3C=CC1(C)C3)C2C(=O)O.CC12C=CC(C1)C(C(=O)CC(=O)C1C(C(=O)O)C3C=CC1(C)C3)C2C(=O)O.CC12C=CC(C1)C1C(=O)OC(=O)C12.CCC(=O)C1C(C(=O)OCC(O)COc2ccc(C3(c4ccc(OC)cc4)c4ccccc4-c4ccccc43)cc2)C2C=CC1(C)C2.c1ccc2c(c1)-c1ccccc1C2(c1ccc(OCC2CO2)cc1)c1ccc(OCC2CO2)cc1. The lowest BCUT2D eigenvalue weighted by Gasteiger charge is -2.34. The zero-order valence-electron chi connectivity index (χ0n) is 84.5. The highest BCUT2D eigenvalue weighted by Crippen LogP contribution is 2.66. The highest BCUT2D eigenvalue weighted by molar-refractivity contribution is 6.06. The summed E-state index contributed by atoms with van der Waals surface area (Å²) in [5.41, 5.74) is 11.1. The summed E-state index contributed by atoms with van der Waals surface area (Å²) in [6.07, 6.45) is 26.6. The van der Waals surface area contributed by atoms with Gasteiger partial charge in [0.2, 0.25) is 0 Å². The summed E-state index contributed by atoms with van der Waals surface area (Å²) in [6, 6.07) is 68.0. The Morgan fingerprint density at radius 3 is 0.993 bits per heavy atom. The van der Waals surface area contributed by atoms with E-state index in [2.05, 4.69) is 193 Å². The number of methoxy groups -OCH3 is 1. The van der Waals surface area contributed by atoms with Crippen molar-refractivity contribution in [2.45, 2.75) is 143 Å². The van der Waals surface area contributed by atoms with Crippen LogP contribution in [0.5, 0.6) is 23.0 Å². The third kappa shape index (κ3) is 17.7. The lowest BCUT2D eigenvalue weighted by Crippen LogP contribution is -2.41. The number of ketones is 5. The molecule has 8 aromatic rings. The molecule has 25 rings (SSSR count). The van der Waals surface area contributed by atoms with E-state index in [4.69, 9.17) is 33.2 Å². The molecular weight excluding hydrogens is 1900 g/mol. The van der Waals surface area contributed by atoms with Crippen molar-refractivity contribution in [1.82, 2.24) is 0 Å². The van der Waals surface area contributed by atoms with Crippen molar-refractivity contribution in [3.8, 4) is 45.3 Å². The molecule has 778 valence electrons. The molecule has 0 radical (unpaired) electrons. The fourth-order valence-electron chi connectivity index (χ4n) is 29.6. The fraction of sp³-hybridized carbons (Fsp3) is 0.424. The molecule has 25 nitrogen and oxygen atoms in total. The molecule has 9 fully saturated rings. The van der Waals surface area contributed by atoms with Crippen LogP contribution in [0.25, 0.3) is 22.3 Å². The Kier molecular flexibility index (Phi) is 27.2. The van der Waals surface area contributed by atoms with Gasteiger partial charge < -0.3 is 63.4 Å². The van der Waals surface area contributed by atoms with Crippen molar-refractivity contribution >= 4 is 70.7 Å². The first-order valence-corrected chi connectivity index (χ1v) is 52.2. The van der Waals surface area contributed by atoms with Crippen LogP contribution in [-0.2, 0) is 87.3 Å². The number of carbonyl (C=O) groups excluding carboxylic acids is 8. The average Bonchev–Trinajstić information content (AvgIpc) is 1.53. The zero-order valence-corrected chi connectivity index (χ0v) is 84.5. The second-order valence-electron chi connectivity index (χ2n) is 45.7. The van der Waals surface area contributed by atoms with Crippen LogP contribution in [0.15, 0.2) is 267 Å². The number of ether oxygens (including phenoxy) is 8. The van der Waals surface area contributed by atoms with Crippen LogP contribution >= 0.6 is 0 Å². The highest BCUT2D eigenvalue weighted by atomic mass is 16.6. The van der Waals surface area contributed by atoms with Crippen molar-refractivity contribution in [1.29, 1.82) is 0 Å². The molecule has 3 heterocycles. The molecule has 5 N–H and O–H groups in total. The predicted molar refractivity (Wildman–Crippen MR) is 554 cm³/mol. The van der Waals surface area contributed by atoms with Crippen molar-refractivity contribution in [2.75, 3.05) is 46.8 Å². The predicted octanol–water partition coefficient (Wildman–Crippen LogP) is 19.0. The van der Waals surface area contributed by atoms with Gasteiger partial charge in [-0.1, -0.05) is 274 Å². The van der Waals surface area contributed by atoms with Crippen LogP contribution in [0, 0.1) is 139 Å². The van der Waals surface area contributed by atoms with Gasteiger partial charge in [0, 0.05) is 41.4 Å². The number of cyclic esters (lactones) is 2. The molecule has 12 bridgehead atoms. The molecule has 3 saturated heterocycles. The minimum atomic E-state index is -1.01. The topological polar surface area (TPSA) is 386 Å². The van der Waals surface area contributed by atoms with E-state index in [1.807, 2.05) is 127 Å². The Bertz CT molecular complexity index is 6650. The summed E-state index contributed by atoms with van der Waals surface area (Å²) in [4.78, 5) is 148. The van der Waals surface area contributed by atoms with Crippen LogP contribution in [0.3, 0.4) is 0 Å². The second-order valence-corrected chi connectivity index (χ2v) is 45.7. The molecule has 25 heteroatoms. The van der Waals surface area contributed by atoms with E-state index in [1.54, 1.807) is 7.11 Å². The normalized spacial score (nSPS) is 33.2. The number of fused-ring (bicyclic) bond motifs is 21. The third-order valence-corrected chi connectivity index (χ3v) is 36.3. The van der Waals surface area contributed by atoms with Gasteiger partial charge >= 0.3 is 41.8 Å². The number of allylic oxidation sites excluding steroid dienone is 12. The van der Waals surface area contributed by atoms with Crippen LogP contribution in [-0.4, -0.2) is 161 Å². The number of aliphatic hydroxyl groups is 1. The number of hydrogen-bond acceptors (Lipinski definition) is 21. The van der Waals surface area contributed by atoms with E-state index in [0.717, 1.165) is 54.4 Å². The molecule has 17 aliphatic rings. The molecule has 0 amide bonds. The number of aliphatic carboxylic acids is 4. The molecule has 27 unspecified atom stereocenters. The van der Waals surface area contributed by atoms with E-state index in [-0.39, 0.29) is 151 Å². The average molecular weight is 2030 g/mol. The minimum absolute atomic E-state index is 0. The number of epoxide rings is 2. The largest absolute Gasteiger partial charge is 0.497 e. The van der Waals surface area contributed by atoms with Gasteiger partial charge in [0.05, 0.1) is 85.4 Å². The lowest BCUT2D eigenvalue weighted by atomic mass is 9.68. The van der Waals surface area contributed by atoms with E-state index in [9.17, 15) is 83.1 Å². The highest BCUT2D eigenvalue weighted by Gasteiger charge is 2.67. The molecule has 150 heavy (non-hydrogen) atoms. The first-order chi connectivity index (χ1) is 71.4. The maximum absolute atomic E-state index is 13.1. The molecule has 0 spiro atoms. The van der Waals surface area contributed by atoms with Gasteiger partial charge in [-0.3, -0.25) is 57.5 Å². The maximum Gasteiger partial charge on any atom is 0.318 e. The van der Waals surface area contributed by atoms with Gasteiger partial charge in [0.25, 0.3) is 0 Å². The van der Waals surface area contributed by atoms with Gasteiger partial charge in [-0.25, -0.2) is 0 Å². The van der Waals surface area contributed by atoms with Gasteiger partial charge in [-0.2, -0.15) is 0 Å². The molecular formula is C125H128O25. The van der Waals surface area contributed by atoms with Crippen LogP contribution < -0.4 is 18.9 Å². The quantitative estimate of drug-likeness (QED) is 0.0117. The summed E-state index contributed by atoms with van der Waals surface area (Å²) in [6.45, 7) is 15.9. The molecule has 14 aliphatic carbocycles. The van der Waals surface area contributed by atoms with E-state index < -0.39 is 122 Å². The first-order valence-electron chi connectivity index (χ1n) is 52.2. The molecule has 0 aromatic heterocycles. The molecule has 3 aliphatic heterocycles. The number of carboxylic acid groups (broad SMARTS) is 4. The summed E-state index contributed by atoms with van der Waals surface area (Å²) >= 11 is 0. The van der Waals surface area contributed by atoms with E-state index in [1.165, 1.54) is 55.6 Å². The Balaban J connectivity index is 0.000000118. The lowest BCUT2D eigenvalue weighted by molar-refractivity contribution is -0.157. The van der Waals surface area contributed by atoms with Crippen molar-refractivity contribution in [2.24, 2.45) is 139 Å². The van der Waals surface area contributed by atoms with Crippen LogP contribution in [0.2, 0.25) is 0 Å². The summed E-state index contributed by atoms with van der Waals surface area (Å²) in [7, 11) is 1.67. The van der Waals surface area contributed by atoms with Crippen molar-refractivity contribution in [3.63, 3.8) is 0 Å². The Hall–Kier alpha value is -13.9. The number of carboxylic acids is 4. The number of benzene rings is 8. The summed E-state index contributed by atoms with van der Waals surface area (Å²) < 4.78 is 44.1. The summed E-state index contributed by atoms with van der Waals surface area (Å²) in [5, 5.41) is 49.2. The zero-order chi connectivity index (χ0) is 105. The molecule has 27 atom stereocenters. The number of hydrogen-bond donors (Lipinski definition) is 5. The number of Topliss-reactive ketones (excluding diaryl/α,β-unsaturated/α-hetero) is 5. The Morgan fingerprint density at radius 2 is 0.660 bits per heavy atom.